The van der Waals surface area contributed by atoms with Crippen LogP contribution in [0.2, 0.25) is 0 Å². The van der Waals surface area contributed by atoms with Gasteiger partial charge >= 0.3 is 0 Å². The predicted octanol–water partition coefficient (Wildman–Crippen LogP) is 2.15. The van der Waals surface area contributed by atoms with Crippen LogP contribution in [0.4, 0.5) is 0 Å². The van der Waals surface area contributed by atoms with Gasteiger partial charge < -0.3 is 5.73 Å². The van der Waals surface area contributed by atoms with Crippen LogP contribution in [0, 0.1) is 0 Å². The highest BCUT2D eigenvalue weighted by Gasteiger charge is 2.15. The zero-order valence-corrected chi connectivity index (χ0v) is 11.5. The van der Waals surface area contributed by atoms with E-state index in [4.69, 9.17) is 5.73 Å². The molecule has 0 fully saturated rings. The van der Waals surface area contributed by atoms with Crippen LogP contribution in [0.1, 0.15) is 24.4 Å². The second kappa shape index (κ2) is 5.07. The molecule has 2 N–H and O–H groups in total. The maximum Gasteiger partial charge on any atom is 0.0926 e. The van der Waals surface area contributed by atoms with E-state index >= 15 is 0 Å². The zero-order chi connectivity index (χ0) is 13.2. The average Bonchev–Trinajstić information content (AvgIpc) is 3.07. The predicted molar refractivity (Wildman–Crippen MR) is 75.9 cm³/mol. The fraction of sp³-hybridized carbons (Fsp3) is 0.308. The average molecular weight is 273 g/mol. The van der Waals surface area contributed by atoms with E-state index in [0.717, 1.165) is 23.4 Å². The normalized spacial score (nSPS) is 12.9. The molecule has 3 aromatic rings. The van der Waals surface area contributed by atoms with Crippen LogP contribution in [0.25, 0.3) is 10.9 Å². The van der Waals surface area contributed by atoms with E-state index in [1.165, 1.54) is 16.9 Å². The van der Waals surface area contributed by atoms with Crippen LogP contribution in [-0.2, 0) is 13.0 Å². The molecule has 2 heterocycles. The molecule has 1 atom stereocenters. The van der Waals surface area contributed by atoms with E-state index in [-0.39, 0.29) is 6.04 Å². The summed E-state index contributed by atoms with van der Waals surface area (Å²) in [5.41, 5.74) is 9.18. The van der Waals surface area contributed by atoms with Crippen molar-refractivity contribution in [3.8, 4) is 0 Å². The lowest BCUT2D eigenvalue weighted by molar-refractivity contribution is 0.633. The standard InChI is InChI=1S/C13H15N5S/c1-2-18-13-6-4-3-5-9(13)11(16-18)7-10(14)12-8-19-17-15-12/h3-6,8,10H,2,7,14H2,1H3. The lowest BCUT2D eigenvalue weighted by atomic mass is 10.1. The highest BCUT2D eigenvalue weighted by atomic mass is 32.1. The van der Waals surface area contributed by atoms with Gasteiger partial charge in [0.1, 0.15) is 0 Å². The number of benzene rings is 1. The van der Waals surface area contributed by atoms with E-state index in [1.54, 1.807) is 0 Å². The van der Waals surface area contributed by atoms with Crippen LogP contribution in [-0.4, -0.2) is 19.4 Å². The molecule has 19 heavy (non-hydrogen) atoms. The second-order valence-electron chi connectivity index (χ2n) is 4.42. The summed E-state index contributed by atoms with van der Waals surface area (Å²) in [4.78, 5) is 0. The number of aromatic nitrogens is 4. The smallest absolute Gasteiger partial charge is 0.0926 e. The molecule has 6 heteroatoms. The largest absolute Gasteiger partial charge is 0.322 e. The van der Waals surface area contributed by atoms with Crippen molar-refractivity contribution < 1.29 is 0 Å². The second-order valence-corrected chi connectivity index (χ2v) is 5.03. The number of nitrogens with two attached hydrogens (primary N) is 1. The van der Waals surface area contributed by atoms with Crippen LogP contribution in [0.3, 0.4) is 0 Å². The van der Waals surface area contributed by atoms with E-state index < -0.39 is 0 Å². The summed E-state index contributed by atoms with van der Waals surface area (Å²) in [5.74, 6) is 0. The van der Waals surface area contributed by atoms with Crippen molar-refractivity contribution in [2.45, 2.75) is 25.9 Å². The third-order valence-corrected chi connectivity index (χ3v) is 3.73. The SMILES string of the molecule is CCn1nc(CC(N)c2csnn2)c2ccccc21. The minimum absolute atomic E-state index is 0.151. The van der Waals surface area contributed by atoms with Crippen LogP contribution in [0.5, 0.6) is 0 Å². The number of aryl methyl sites for hydroxylation is 1. The van der Waals surface area contributed by atoms with Crippen molar-refractivity contribution in [3.05, 3.63) is 41.0 Å². The quantitative estimate of drug-likeness (QED) is 0.790. The van der Waals surface area contributed by atoms with E-state index in [1.807, 2.05) is 22.2 Å². The van der Waals surface area contributed by atoms with Crippen molar-refractivity contribution in [1.82, 2.24) is 19.4 Å². The van der Waals surface area contributed by atoms with Gasteiger partial charge in [-0.15, -0.1) is 5.10 Å². The van der Waals surface area contributed by atoms with Crippen molar-refractivity contribution in [2.75, 3.05) is 0 Å². The van der Waals surface area contributed by atoms with Gasteiger partial charge in [0, 0.05) is 23.7 Å². The minimum atomic E-state index is -0.151. The Hall–Kier alpha value is -1.79. The summed E-state index contributed by atoms with van der Waals surface area (Å²) in [6.07, 6.45) is 0.679. The molecular weight excluding hydrogens is 258 g/mol. The summed E-state index contributed by atoms with van der Waals surface area (Å²) >= 11 is 1.33. The van der Waals surface area contributed by atoms with Gasteiger partial charge in [-0.25, -0.2) is 0 Å². The fourth-order valence-electron chi connectivity index (χ4n) is 2.23. The molecule has 0 radical (unpaired) electrons. The van der Waals surface area contributed by atoms with Gasteiger partial charge in [0.2, 0.25) is 0 Å². The van der Waals surface area contributed by atoms with Gasteiger partial charge in [-0.05, 0) is 24.5 Å². The first-order chi connectivity index (χ1) is 9.29. The van der Waals surface area contributed by atoms with E-state index in [9.17, 15) is 0 Å². The topological polar surface area (TPSA) is 69.6 Å². The molecule has 0 aliphatic heterocycles. The first kappa shape index (κ1) is 12.3. The molecule has 0 aliphatic carbocycles. The Balaban J connectivity index is 1.97. The third kappa shape index (κ3) is 2.24. The molecule has 0 aliphatic rings. The summed E-state index contributed by atoms with van der Waals surface area (Å²) in [6, 6.07) is 8.09. The maximum atomic E-state index is 6.17. The summed E-state index contributed by atoms with van der Waals surface area (Å²) in [5, 5.41) is 11.7. The Labute approximate surface area is 115 Å². The maximum absolute atomic E-state index is 6.17. The number of hydrogen-bond acceptors (Lipinski definition) is 5. The molecule has 98 valence electrons. The zero-order valence-electron chi connectivity index (χ0n) is 10.7. The molecule has 2 aromatic heterocycles. The van der Waals surface area contributed by atoms with Crippen molar-refractivity contribution in [2.24, 2.45) is 5.73 Å². The molecule has 3 rings (SSSR count). The summed E-state index contributed by atoms with van der Waals surface area (Å²) < 4.78 is 5.87. The van der Waals surface area contributed by atoms with Gasteiger partial charge in [0.15, 0.2) is 0 Å². The van der Waals surface area contributed by atoms with Gasteiger partial charge in [0.25, 0.3) is 0 Å². The Morgan fingerprint density at radius 3 is 2.95 bits per heavy atom. The molecule has 0 amide bonds. The van der Waals surface area contributed by atoms with Crippen molar-refractivity contribution in [3.63, 3.8) is 0 Å². The number of nitrogens with zero attached hydrogens (tertiary/aromatic N) is 4. The molecule has 0 saturated carbocycles. The number of para-hydroxylation sites is 1. The Bertz CT molecular complexity index is 673. The Morgan fingerprint density at radius 1 is 1.37 bits per heavy atom. The molecule has 0 bridgehead atoms. The van der Waals surface area contributed by atoms with E-state index in [0.29, 0.717) is 6.42 Å². The third-order valence-electron chi connectivity index (χ3n) is 3.20. The molecular formula is C13H15N5S. The molecule has 5 nitrogen and oxygen atoms in total. The highest BCUT2D eigenvalue weighted by Crippen LogP contribution is 2.22. The molecule has 0 spiro atoms. The Morgan fingerprint density at radius 2 is 2.21 bits per heavy atom. The fourth-order valence-corrected chi connectivity index (χ4v) is 2.75. The number of rotatable bonds is 4. The van der Waals surface area contributed by atoms with E-state index in [2.05, 4.69) is 33.7 Å². The first-order valence-corrected chi connectivity index (χ1v) is 7.10. The molecule has 1 unspecified atom stereocenters. The lowest BCUT2D eigenvalue weighted by Crippen LogP contribution is -2.14. The van der Waals surface area contributed by atoms with Gasteiger partial charge in [-0.3, -0.25) is 4.68 Å². The van der Waals surface area contributed by atoms with Gasteiger partial charge in [0.05, 0.1) is 22.9 Å². The number of hydrogen-bond donors (Lipinski definition) is 1. The summed E-state index contributed by atoms with van der Waals surface area (Å²) in [6.45, 7) is 2.95. The van der Waals surface area contributed by atoms with Crippen LogP contribution >= 0.6 is 11.5 Å². The molecule has 1 aromatic carbocycles. The lowest BCUT2D eigenvalue weighted by Gasteiger charge is -2.05. The monoisotopic (exact) mass is 273 g/mol. The van der Waals surface area contributed by atoms with Gasteiger partial charge in [-0.2, -0.15) is 5.10 Å². The molecule has 0 saturated heterocycles. The van der Waals surface area contributed by atoms with Crippen molar-refractivity contribution in [1.29, 1.82) is 0 Å². The van der Waals surface area contributed by atoms with Crippen LogP contribution < -0.4 is 5.73 Å². The van der Waals surface area contributed by atoms with Crippen molar-refractivity contribution >= 4 is 22.4 Å². The van der Waals surface area contributed by atoms with Crippen LogP contribution in [0.15, 0.2) is 29.6 Å². The highest BCUT2D eigenvalue weighted by molar-refractivity contribution is 7.03. The number of fused-ring (bicyclic) bond motifs is 1. The Kier molecular flexibility index (Phi) is 3.27. The first-order valence-electron chi connectivity index (χ1n) is 6.26. The summed E-state index contributed by atoms with van der Waals surface area (Å²) in [7, 11) is 0. The van der Waals surface area contributed by atoms with Gasteiger partial charge in [-0.1, -0.05) is 22.7 Å². The minimum Gasteiger partial charge on any atom is -0.322 e.